The molecule has 466 valence electrons. The van der Waals surface area contributed by atoms with Crippen LogP contribution in [0.25, 0.3) is 0 Å². The van der Waals surface area contributed by atoms with Crippen molar-refractivity contribution in [2.45, 2.75) is 0 Å². The number of hydrogen-bond donors (Lipinski definition) is 0. The van der Waals surface area contributed by atoms with Crippen molar-refractivity contribution in [2.24, 2.45) is 60.9 Å². The first-order valence-electron chi connectivity index (χ1n) is 28.7. The molecule has 0 aliphatic rings. The average molecular weight is 1330 g/mol. The van der Waals surface area contributed by atoms with Crippen LogP contribution in [0.3, 0.4) is 0 Å². The molecule has 0 heterocycles. The van der Waals surface area contributed by atoms with Crippen molar-refractivity contribution in [1.29, 1.82) is 0 Å². The third kappa shape index (κ3) is 25.3. The van der Waals surface area contributed by atoms with Crippen LogP contribution in [-0.4, -0.2) is 24.9 Å². The molecule has 0 saturated carbocycles. The number of para-hydroxylation sites is 4. The van der Waals surface area contributed by atoms with Gasteiger partial charge in [-0.3, -0.25) is 20.0 Å². The maximum atomic E-state index is 11.6. The zero-order valence-electron chi connectivity index (χ0n) is 50.4. The molecule has 12 aromatic carbocycles. The van der Waals surface area contributed by atoms with Crippen molar-refractivity contribution in [3.63, 3.8) is 0 Å². The zero-order chi connectivity index (χ0) is 63.6. The molecule has 0 N–H and O–H groups in total. The molecule has 0 aliphatic heterocycles. The molecule has 0 bridgehead atoms. The van der Waals surface area contributed by atoms with E-state index in [1.54, 1.807) is 73.4 Å². The van der Waals surface area contributed by atoms with Crippen molar-refractivity contribution < 1.29 is 60.0 Å². The molecule has 2 radical (unpaired) electrons. The molecular formula is C76H56Fe2N12O5. The van der Waals surface area contributed by atoms with E-state index in [1.807, 2.05) is 243 Å². The minimum atomic E-state index is -0.0375. The predicted octanol–water partition coefficient (Wildman–Crippen LogP) is 19.6. The largest absolute Gasteiger partial charge is 3.00 e. The second-order valence-electron chi connectivity index (χ2n) is 19.4. The Morgan fingerprint density at radius 1 is 0.168 bits per heavy atom. The van der Waals surface area contributed by atoms with Crippen LogP contribution < -0.4 is 20.4 Å². The predicted molar refractivity (Wildman–Crippen MR) is 361 cm³/mol. The number of aliphatic imine (C=N–C) groups is 4. The first-order valence-corrected chi connectivity index (χ1v) is 28.7. The molecule has 12 rings (SSSR count). The van der Waals surface area contributed by atoms with Crippen LogP contribution >= 0.6 is 0 Å². The van der Waals surface area contributed by atoms with Gasteiger partial charge in [0.1, 0.15) is 0 Å². The Bertz CT molecular complexity index is 3900. The van der Waals surface area contributed by atoms with Gasteiger partial charge in [-0.2, -0.15) is 40.9 Å². The summed E-state index contributed by atoms with van der Waals surface area (Å²) < 4.78 is 0. The maximum absolute atomic E-state index is 11.6. The summed E-state index contributed by atoms with van der Waals surface area (Å²) in [4.78, 5) is 17.2. The zero-order valence-corrected chi connectivity index (χ0v) is 52.7. The van der Waals surface area contributed by atoms with E-state index in [4.69, 9.17) is 0 Å². The molecule has 0 unspecified atom stereocenters. The number of benzene rings is 12. The van der Waals surface area contributed by atoms with E-state index in [0.717, 1.165) is 68.2 Å². The molecule has 0 aromatic heterocycles. The fraction of sp³-hybridized carbons (Fsp3) is 0. The van der Waals surface area contributed by atoms with Crippen molar-refractivity contribution >= 4 is 93.1 Å². The number of azo groups is 4. The van der Waals surface area contributed by atoms with E-state index in [1.165, 1.54) is 24.3 Å². The summed E-state index contributed by atoms with van der Waals surface area (Å²) in [6.07, 6.45) is 6.29. The Balaban J connectivity index is 0.000000198. The fourth-order valence-electron chi connectivity index (χ4n) is 7.79. The Hall–Kier alpha value is -12.1. The van der Waals surface area contributed by atoms with E-state index in [2.05, 4.69) is 60.9 Å². The average Bonchev–Trinajstić information content (AvgIpc) is 1.74. The van der Waals surface area contributed by atoms with Gasteiger partial charge in [-0.1, -0.05) is 170 Å². The van der Waals surface area contributed by atoms with Gasteiger partial charge < -0.3 is 25.9 Å². The van der Waals surface area contributed by atoms with Gasteiger partial charge in [0.05, 0.1) is 68.2 Å². The minimum absolute atomic E-state index is 0. The van der Waals surface area contributed by atoms with Gasteiger partial charge >= 0.3 is 34.1 Å². The topological polar surface area (TPSA) is 269 Å². The van der Waals surface area contributed by atoms with Crippen LogP contribution in [-0.2, 0) is 39.6 Å². The maximum Gasteiger partial charge on any atom is 3.00 e. The Morgan fingerprint density at radius 2 is 0.305 bits per heavy atom. The monoisotopic (exact) mass is 1330 g/mol. The first kappa shape index (κ1) is 72.0. The van der Waals surface area contributed by atoms with Crippen LogP contribution in [0.4, 0.5) is 68.2 Å². The summed E-state index contributed by atoms with van der Waals surface area (Å²) in [7, 11) is 0. The summed E-state index contributed by atoms with van der Waals surface area (Å²) in [5, 5.41) is 79.7. The van der Waals surface area contributed by atoms with Gasteiger partial charge in [0.25, 0.3) is 0 Å². The summed E-state index contributed by atoms with van der Waals surface area (Å²) in [6, 6.07) is 94.8. The van der Waals surface area contributed by atoms with Gasteiger partial charge in [-0.25, -0.2) is 0 Å². The normalized spacial score (nSPS) is 10.9. The van der Waals surface area contributed by atoms with E-state index >= 15 is 0 Å². The molecule has 0 saturated heterocycles. The van der Waals surface area contributed by atoms with Crippen LogP contribution in [0.1, 0.15) is 22.3 Å². The molecule has 95 heavy (non-hydrogen) atoms. The number of hydrogen-bond acceptors (Lipinski definition) is 16. The Kier molecular flexibility index (Phi) is 30.2. The molecule has 17 nitrogen and oxygen atoms in total. The molecule has 0 aliphatic carbocycles. The Labute approximate surface area is 571 Å². The minimum Gasteiger partial charge on any atom is -2.00 e. The summed E-state index contributed by atoms with van der Waals surface area (Å²) in [5.74, 6) is -0.150. The molecule has 19 heteroatoms. The van der Waals surface area contributed by atoms with Crippen molar-refractivity contribution in [2.75, 3.05) is 0 Å². The molecular weight excluding hydrogens is 1270 g/mol. The first-order chi connectivity index (χ1) is 45.2. The molecule has 0 fully saturated rings. The number of rotatable bonds is 16. The quantitative estimate of drug-likeness (QED) is 0.0518. The second-order valence-corrected chi connectivity index (χ2v) is 19.4. The van der Waals surface area contributed by atoms with Gasteiger partial charge in [-0.15, -0.1) is 23.0 Å². The van der Waals surface area contributed by atoms with Crippen LogP contribution in [0.15, 0.2) is 376 Å². The van der Waals surface area contributed by atoms with Crippen LogP contribution in [0, 0.1) is 0 Å². The summed E-state index contributed by atoms with van der Waals surface area (Å²) in [6.45, 7) is 0. The van der Waals surface area contributed by atoms with Crippen LogP contribution in [0.5, 0.6) is 23.0 Å². The SMILES string of the molecule is [Fe+3].[Fe+3].[O-2].[O-]c1ccccc1C=Nc1ccc(N=Nc2ccccc2)cc1.[O-]c1ccccc1C=Nc1ccc(N=Nc2ccccc2)cc1.[O-]c1ccccc1C=Nc1ccc(N=Nc2ccccc2)cc1.[O-]c1ccccc1C=Nc1ccc(N=Nc2ccccc2)cc1. The fourth-order valence-corrected chi connectivity index (χ4v) is 7.79. The van der Waals surface area contributed by atoms with E-state index in [-0.39, 0.29) is 62.6 Å². The molecule has 12 aromatic rings. The van der Waals surface area contributed by atoms with Crippen LogP contribution in [0.2, 0.25) is 0 Å². The van der Waals surface area contributed by atoms with Crippen molar-refractivity contribution in [3.05, 3.63) is 338 Å². The molecule has 0 amide bonds. The van der Waals surface area contributed by atoms with Gasteiger partial charge in [0, 0.05) is 24.9 Å². The third-order valence-electron chi connectivity index (χ3n) is 12.6. The van der Waals surface area contributed by atoms with E-state index in [0.29, 0.717) is 22.3 Å². The van der Waals surface area contributed by atoms with Crippen molar-refractivity contribution in [1.82, 2.24) is 0 Å². The standard InChI is InChI=1S/4C19H15N3O.2Fe.O/c4*23-19-9-5-4-6-15(19)14-20-16-10-12-18(13-11-16)22-21-17-7-2-1-3-8-17;;;/h4*1-14,23H;;;/q;;;;2*+3;-2/p-4. The smallest absolute Gasteiger partial charge is 2.00 e. The molecule has 0 atom stereocenters. The van der Waals surface area contributed by atoms with E-state index < -0.39 is 0 Å². The summed E-state index contributed by atoms with van der Waals surface area (Å²) >= 11 is 0. The van der Waals surface area contributed by atoms with Gasteiger partial charge in [0.2, 0.25) is 0 Å². The van der Waals surface area contributed by atoms with Gasteiger partial charge in [0.15, 0.2) is 0 Å². The Morgan fingerprint density at radius 3 is 0.474 bits per heavy atom. The third-order valence-corrected chi connectivity index (χ3v) is 12.6. The summed E-state index contributed by atoms with van der Waals surface area (Å²) in [5.41, 5.74) is 11.5. The van der Waals surface area contributed by atoms with Gasteiger partial charge in [-0.05, 0) is 168 Å². The van der Waals surface area contributed by atoms with Crippen molar-refractivity contribution in [3.8, 4) is 23.0 Å². The second kappa shape index (κ2) is 39.9. The molecule has 0 spiro atoms. The number of nitrogens with zero attached hydrogens (tertiary/aromatic N) is 12. The van der Waals surface area contributed by atoms with E-state index in [9.17, 15) is 20.4 Å².